The van der Waals surface area contributed by atoms with Crippen molar-refractivity contribution < 1.29 is 0 Å². The number of aliphatic imine (C=N–C) groups is 1. The zero-order valence-corrected chi connectivity index (χ0v) is 15.1. The Hall–Kier alpha value is -3.05. The first-order chi connectivity index (χ1) is 12.8. The average molecular weight is 359 g/mol. The van der Waals surface area contributed by atoms with Crippen molar-refractivity contribution >= 4 is 32.8 Å². The Morgan fingerprint density at radius 2 is 1.65 bits per heavy atom. The van der Waals surface area contributed by atoms with E-state index in [4.69, 9.17) is 4.99 Å². The normalized spacial score (nSPS) is 10.8. The first-order valence-corrected chi connectivity index (χ1v) is 9.32. The first kappa shape index (κ1) is 16.4. The lowest BCUT2D eigenvalue weighted by molar-refractivity contribution is 0.624. The molecule has 2 heterocycles. The van der Waals surface area contributed by atoms with Crippen LogP contribution in [0, 0.1) is 0 Å². The van der Waals surface area contributed by atoms with Crippen molar-refractivity contribution in [3.8, 4) is 0 Å². The number of hydrogen-bond acceptors (Lipinski definition) is 4. The molecular formula is C21H17N3OS. The fourth-order valence-electron chi connectivity index (χ4n) is 2.89. The van der Waals surface area contributed by atoms with Crippen molar-refractivity contribution in [2.24, 2.45) is 4.99 Å². The third-order valence-corrected chi connectivity index (χ3v) is 5.09. The van der Waals surface area contributed by atoms with Gasteiger partial charge in [0.1, 0.15) is 0 Å². The minimum absolute atomic E-state index is 0.0922. The highest BCUT2D eigenvalue weighted by atomic mass is 32.1. The standard InChI is InChI=1S/C21H17N3OS/c1-2-24-21(25)19-17(14-26-18(19)13-22-24)23-20(15-9-5-3-6-10-15)16-11-7-4-8-12-16/h3-14H,2H2,1H3. The Kier molecular flexibility index (Phi) is 4.46. The molecule has 2 aromatic heterocycles. The van der Waals surface area contributed by atoms with Gasteiger partial charge in [-0.2, -0.15) is 5.10 Å². The molecule has 0 aliphatic rings. The van der Waals surface area contributed by atoms with Crippen molar-refractivity contribution in [2.75, 3.05) is 0 Å². The number of fused-ring (bicyclic) bond motifs is 1. The van der Waals surface area contributed by atoms with E-state index in [1.165, 1.54) is 16.0 Å². The van der Waals surface area contributed by atoms with Crippen molar-refractivity contribution in [3.05, 3.63) is 93.7 Å². The smallest absolute Gasteiger partial charge is 0.267 e. The fraction of sp³-hybridized carbons (Fsp3) is 0.0952. The van der Waals surface area contributed by atoms with Crippen molar-refractivity contribution in [1.82, 2.24) is 9.78 Å². The molecule has 0 N–H and O–H groups in total. The van der Waals surface area contributed by atoms with E-state index in [-0.39, 0.29) is 5.56 Å². The molecule has 0 amide bonds. The lowest BCUT2D eigenvalue weighted by Crippen LogP contribution is -2.21. The molecule has 0 fully saturated rings. The van der Waals surface area contributed by atoms with Gasteiger partial charge in [0.25, 0.3) is 5.56 Å². The second-order valence-corrected chi connectivity index (χ2v) is 6.73. The number of nitrogens with zero attached hydrogens (tertiary/aromatic N) is 3. The SMILES string of the molecule is CCn1ncc2scc(N=C(c3ccccc3)c3ccccc3)c2c1=O. The molecule has 0 radical (unpaired) electrons. The van der Waals surface area contributed by atoms with Crippen LogP contribution >= 0.6 is 11.3 Å². The van der Waals surface area contributed by atoms with Crippen LogP contribution in [0.25, 0.3) is 10.1 Å². The summed E-state index contributed by atoms with van der Waals surface area (Å²) < 4.78 is 2.33. The van der Waals surface area contributed by atoms with Gasteiger partial charge < -0.3 is 0 Å². The third-order valence-electron chi connectivity index (χ3n) is 4.19. The lowest BCUT2D eigenvalue weighted by Gasteiger charge is -2.07. The van der Waals surface area contributed by atoms with E-state index < -0.39 is 0 Å². The topological polar surface area (TPSA) is 47.2 Å². The van der Waals surface area contributed by atoms with Crippen LogP contribution in [-0.2, 0) is 6.54 Å². The van der Waals surface area contributed by atoms with E-state index in [9.17, 15) is 4.79 Å². The van der Waals surface area contributed by atoms with Gasteiger partial charge in [0, 0.05) is 23.1 Å². The van der Waals surface area contributed by atoms with Gasteiger partial charge in [-0.1, -0.05) is 60.7 Å². The van der Waals surface area contributed by atoms with Gasteiger partial charge in [-0.3, -0.25) is 4.79 Å². The van der Waals surface area contributed by atoms with Gasteiger partial charge in [-0.15, -0.1) is 11.3 Å². The molecular weight excluding hydrogens is 342 g/mol. The maximum Gasteiger partial charge on any atom is 0.277 e. The second kappa shape index (κ2) is 7.06. The lowest BCUT2D eigenvalue weighted by atomic mass is 10.0. The predicted molar refractivity (Wildman–Crippen MR) is 108 cm³/mol. The summed E-state index contributed by atoms with van der Waals surface area (Å²) in [6, 6.07) is 20.1. The maximum atomic E-state index is 12.7. The Bertz CT molecular complexity index is 1090. The molecule has 4 rings (SSSR count). The molecule has 0 spiro atoms. The largest absolute Gasteiger partial charge is 0.277 e. The Labute approximate surface area is 155 Å². The zero-order chi connectivity index (χ0) is 17.9. The van der Waals surface area contributed by atoms with E-state index in [0.717, 1.165) is 21.5 Å². The minimum Gasteiger partial charge on any atom is -0.267 e. The molecule has 0 saturated carbocycles. The maximum absolute atomic E-state index is 12.7. The van der Waals surface area contributed by atoms with Gasteiger partial charge >= 0.3 is 0 Å². The number of aromatic nitrogens is 2. The second-order valence-electron chi connectivity index (χ2n) is 5.82. The molecule has 0 aliphatic heterocycles. The van der Waals surface area contributed by atoms with E-state index in [0.29, 0.717) is 17.6 Å². The van der Waals surface area contributed by atoms with E-state index >= 15 is 0 Å². The summed E-state index contributed by atoms with van der Waals surface area (Å²) >= 11 is 1.50. The minimum atomic E-state index is -0.0922. The van der Waals surface area contributed by atoms with Crippen LogP contribution in [0.5, 0.6) is 0 Å². The molecule has 4 aromatic rings. The molecule has 128 valence electrons. The highest BCUT2D eigenvalue weighted by Crippen LogP contribution is 2.30. The highest BCUT2D eigenvalue weighted by Gasteiger charge is 2.13. The third kappa shape index (κ3) is 2.97. The monoisotopic (exact) mass is 359 g/mol. The molecule has 0 aliphatic carbocycles. The molecule has 0 unspecified atom stereocenters. The van der Waals surface area contributed by atoms with E-state index in [2.05, 4.69) is 5.10 Å². The van der Waals surface area contributed by atoms with Gasteiger partial charge in [0.05, 0.1) is 27.7 Å². The number of rotatable bonds is 4. The molecule has 0 atom stereocenters. The molecule has 26 heavy (non-hydrogen) atoms. The zero-order valence-electron chi connectivity index (χ0n) is 14.3. The molecule has 5 heteroatoms. The predicted octanol–water partition coefficient (Wildman–Crippen LogP) is 4.65. The summed E-state index contributed by atoms with van der Waals surface area (Å²) in [7, 11) is 0. The fourth-order valence-corrected chi connectivity index (χ4v) is 3.72. The summed E-state index contributed by atoms with van der Waals surface area (Å²) in [5, 5.41) is 6.77. The van der Waals surface area contributed by atoms with Crippen LogP contribution in [0.1, 0.15) is 18.1 Å². The van der Waals surface area contributed by atoms with Crippen molar-refractivity contribution in [3.63, 3.8) is 0 Å². The molecule has 0 saturated heterocycles. The van der Waals surface area contributed by atoms with Crippen LogP contribution in [-0.4, -0.2) is 15.5 Å². The number of benzene rings is 2. The van der Waals surface area contributed by atoms with Crippen LogP contribution in [0.15, 0.2) is 82.0 Å². The van der Waals surface area contributed by atoms with E-state index in [1.54, 1.807) is 6.20 Å². The summed E-state index contributed by atoms with van der Waals surface area (Å²) in [6.07, 6.45) is 1.74. The summed E-state index contributed by atoms with van der Waals surface area (Å²) in [6.45, 7) is 2.45. The number of thiophene rings is 1. The quantitative estimate of drug-likeness (QED) is 0.498. The molecule has 0 bridgehead atoms. The van der Waals surface area contributed by atoms with Crippen LogP contribution in [0.2, 0.25) is 0 Å². The summed E-state index contributed by atoms with van der Waals surface area (Å²) in [5.41, 5.74) is 3.49. The van der Waals surface area contributed by atoms with E-state index in [1.807, 2.05) is 73.0 Å². The Morgan fingerprint density at radius 3 is 2.23 bits per heavy atom. The summed E-state index contributed by atoms with van der Waals surface area (Å²) in [4.78, 5) is 17.6. The first-order valence-electron chi connectivity index (χ1n) is 8.45. The summed E-state index contributed by atoms with van der Waals surface area (Å²) in [5.74, 6) is 0. The van der Waals surface area contributed by atoms with Crippen LogP contribution in [0.4, 0.5) is 5.69 Å². The van der Waals surface area contributed by atoms with Gasteiger partial charge in [0.15, 0.2) is 0 Å². The Balaban J connectivity index is 1.96. The van der Waals surface area contributed by atoms with Crippen LogP contribution in [0.3, 0.4) is 0 Å². The van der Waals surface area contributed by atoms with Crippen molar-refractivity contribution in [2.45, 2.75) is 13.5 Å². The highest BCUT2D eigenvalue weighted by molar-refractivity contribution is 7.17. The van der Waals surface area contributed by atoms with Gasteiger partial charge in [0.2, 0.25) is 0 Å². The molecule has 2 aromatic carbocycles. The number of aryl methyl sites for hydroxylation is 1. The molecule has 4 nitrogen and oxygen atoms in total. The van der Waals surface area contributed by atoms with Crippen molar-refractivity contribution in [1.29, 1.82) is 0 Å². The van der Waals surface area contributed by atoms with Gasteiger partial charge in [-0.25, -0.2) is 9.67 Å². The number of hydrogen-bond donors (Lipinski definition) is 0. The Morgan fingerprint density at radius 1 is 1.04 bits per heavy atom. The average Bonchev–Trinajstić information content (AvgIpc) is 3.11. The van der Waals surface area contributed by atoms with Crippen LogP contribution < -0.4 is 5.56 Å². The van der Waals surface area contributed by atoms with Gasteiger partial charge in [-0.05, 0) is 6.92 Å².